The minimum Gasteiger partial charge on any atom is -0.381 e. The van der Waals surface area contributed by atoms with E-state index in [1.54, 1.807) is 0 Å². The van der Waals surface area contributed by atoms with Gasteiger partial charge in [0.05, 0.1) is 13.2 Å². The van der Waals surface area contributed by atoms with Crippen LogP contribution in [0.1, 0.15) is 45.4 Å². The zero-order chi connectivity index (χ0) is 17.4. The molecule has 2 fully saturated rings. The molecule has 0 radical (unpaired) electrons. The number of ether oxygens (including phenoxy) is 1. The lowest BCUT2D eigenvalue weighted by molar-refractivity contribution is 0.175. The highest BCUT2D eigenvalue weighted by molar-refractivity contribution is 14.0. The van der Waals surface area contributed by atoms with Crippen LogP contribution in [-0.4, -0.2) is 75.8 Å². The van der Waals surface area contributed by atoms with Crippen molar-refractivity contribution in [1.82, 2.24) is 15.1 Å². The summed E-state index contributed by atoms with van der Waals surface area (Å²) in [6.07, 6.45) is 8.09. The average Bonchev–Trinajstić information content (AvgIpc) is 3.07. The van der Waals surface area contributed by atoms with E-state index in [2.05, 4.69) is 43.2 Å². The van der Waals surface area contributed by atoms with Gasteiger partial charge >= 0.3 is 0 Å². The molecule has 25 heavy (non-hydrogen) atoms. The van der Waals surface area contributed by atoms with Crippen molar-refractivity contribution in [2.24, 2.45) is 16.8 Å². The van der Waals surface area contributed by atoms with E-state index in [1.165, 1.54) is 38.5 Å². The molecule has 1 saturated heterocycles. The lowest BCUT2D eigenvalue weighted by Crippen LogP contribution is -2.44. The first kappa shape index (κ1) is 23.0. The summed E-state index contributed by atoms with van der Waals surface area (Å²) < 4.78 is 5.51. The summed E-state index contributed by atoms with van der Waals surface area (Å²) >= 11 is 0. The predicted molar refractivity (Wildman–Crippen MR) is 117 cm³/mol. The second kappa shape index (κ2) is 12.3. The van der Waals surface area contributed by atoms with E-state index in [9.17, 15) is 0 Å². The molecule has 0 bridgehead atoms. The van der Waals surface area contributed by atoms with Crippen molar-refractivity contribution in [1.29, 1.82) is 0 Å². The number of hydrogen-bond donors (Lipinski definition) is 1. The fourth-order valence-corrected chi connectivity index (χ4v) is 4.10. The summed E-state index contributed by atoms with van der Waals surface area (Å²) in [7, 11) is 6.58. The summed E-state index contributed by atoms with van der Waals surface area (Å²) in [5, 5.41) is 3.47. The van der Waals surface area contributed by atoms with Crippen LogP contribution in [0.3, 0.4) is 0 Å². The Hall–Kier alpha value is -0.0800. The van der Waals surface area contributed by atoms with Gasteiger partial charge in [-0.1, -0.05) is 19.3 Å². The molecule has 2 unspecified atom stereocenters. The molecule has 2 atom stereocenters. The zero-order valence-electron chi connectivity index (χ0n) is 16.7. The summed E-state index contributed by atoms with van der Waals surface area (Å²) in [6.45, 7) is 6.79. The first-order valence-corrected chi connectivity index (χ1v) is 9.85. The number of nitrogens with zero attached hydrogens (tertiary/aromatic N) is 3. The molecular formula is C19H39IN4O. The first-order valence-electron chi connectivity index (χ1n) is 9.85. The quantitative estimate of drug-likeness (QED) is 0.356. The number of likely N-dealkylation sites (N-methyl/N-ethyl adjacent to an activating group) is 1. The van der Waals surface area contributed by atoms with Gasteiger partial charge in [0.15, 0.2) is 5.96 Å². The Morgan fingerprint density at radius 3 is 2.44 bits per heavy atom. The molecule has 2 aliphatic rings. The van der Waals surface area contributed by atoms with Crippen molar-refractivity contribution >= 4 is 29.9 Å². The fourth-order valence-electron chi connectivity index (χ4n) is 4.10. The summed E-state index contributed by atoms with van der Waals surface area (Å²) in [5.74, 6) is 2.49. The van der Waals surface area contributed by atoms with Gasteiger partial charge < -0.3 is 19.9 Å². The Labute approximate surface area is 172 Å². The molecule has 0 aromatic heterocycles. The van der Waals surface area contributed by atoms with Gasteiger partial charge in [-0.2, -0.15) is 0 Å². The molecule has 1 aliphatic carbocycles. The van der Waals surface area contributed by atoms with Gasteiger partial charge in [0.25, 0.3) is 0 Å². The number of hydrogen-bond acceptors (Lipinski definition) is 3. The molecule has 0 aromatic rings. The van der Waals surface area contributed by atoms with Crippen molar-refractivity contribution < 1.29 is 4.74 Å². The Kier molecular flexibility index (Phi) is 11.3. The molecule has 0 aromatic carbocycles. The van der Waals surface area contributed by atoms with E-state index in [-0.39, 0.29) is 24.0 Å². The maximum atomic E-state index is 5.51. The van der Waals surface area contributed by atoms with Crippen molar-refractivity contribution in [2.75, 3.05) is 54.0 Å². The van der Waals surface area contributed by atoms with Gasteiger partial charge in [0.2, 0.25) is 0 Å². The van der Waals surface area contributed by atoms with Crippen LogP contribution < -0.4 is 5.32 Å². The van der Waals surface area contributed by atoms with Crippen LogP contribution in [-0.2, 0) is 4.74 Å². The summed E-state index contributed by atoms with van der Waals surface area (Å²) in [5.41, 5.74) is 0. The van der Waals surface area contributed by atoms with Crippen molar-refractivity contribution in [3.05, 3.63) is 0 Å². The Bertz CT molecular complexity index is 380. The number of nitrogens with one attached hydrogen (secondary N) is 1. The minimum atomic E-state index is 0. The molecule has 0 amide bonds. The van der Waals surface area contributed by atoms with Crippen LogP contribution in [0.2, 0.25) is 0 Å². The molecule has 2 rings (SSSR count). The van der Waals surface area contributed by atoms with E-state index in [0.717, 1.165) is 44.7 Å². The van der Waals surface area contributed by atoms with Crippen LogP contribution in [0.4, 0.5) is 0 Å². The van der Waals surface area contributed by atoms with Crippen LogP contribution >= 0.6 is 24.0 Å². The third-order valence-electron chi connectivity index (χ3n) is 5.54. The number of aliphatic imine (C=N–C) groups is 1. The second-order valence-corrected chi connectivity index (χ2v) is 7.73. The Morgan fingerprint density at radius 1 is 1.16 bits per heavy atom. The third kappa shape index (κ3) is 7.59. The van der Waals surface area contributed by atoms with Gasteiger partial charge in [0, 0.05) is 38.7 Å². The summed E-state index contributed by atoms with van der Waals surface area (Å²) in [4.78, 5) is 9.67. The first-order chi connectivity index (χ1) is 11.6. The largest absolute Gasteiger partial charge is 0.381 e. The molecular weight excluding hydrogens is 427 g/mol. The summed E-state index contributed by atoms with van der Waals surface area (Å²) in [6, 6.07) is 0.558. The standard InChI is InChI=1S/C19H38N4O.HI/c1-5-20-19(23(4)14-16-11-12-24-15-16)21-13-18(22(2)3)17-9-7-6-8-10-17;/h16-18H,5-15H2,1-4H3,(H,20,21);1H. The van der Waals surface area contributed by atoms with Crippen molar-refractivity contribution in [2.45, 2.75) is 51.5 Å². The molecule has 1 heterocycles. The second-order valence-electron chi connectivity index (χ2n) is 7.73. The maximum Gasteiger partial charge on any atom is 0.193 e. The smallest absolute Gasteiger partial charge is 0.193 e. The molecule has 1 N–H and O–H groups in total. The van der Waals surface area contributed by atoms with E-state index in [4.69, 9.17) is 9.73 Å². The van der Waals surface area contributed by atoms with Crippen molar-refractivity contribution in [3.63, 3.8) is 0 Å². The molecule has 0 spiro atoms. The number of guanidine groups is 1. The van der Waals surface area contributed by atoms with E-state index in [0.29, 0.717) is 12.0 Å². The predicted octanol–water partition coefficient (Wildman–Crippen LogP) is 3.05. The lowest BCUT2D eigenvalue weighted by Gasteiger charge is -2.34. The third-order valence-corrected chi connectivity index (χ3v) is 5.54. The van der Waals surface area contributed by atoms with E-state index < -0.39 is 0 Å². The Balaban J connectivity index is 0.00000312. The Morgan fingerprint density at radius 2 is 1.88 bits per heavy atom. The topological polar surface area (TPSA) is 40.1 Å². The van der Waals surface area contributed by atoms with Gasteiger partial charge in [-0.3, -0.25) is 4.99 Å². The van der Waals surface area contributed by atoms with Crippen LogP contribution in [0, 0.1) is 11.8 Å². The maximum absolute atomic E-state index is 5.51. The van der Waals surface area contributed by atoms with Gasteiger partial charge in [0.1, 0.15) is 0 Å². The molecule has 148 valence electrons. The van der Waals surface area contributed by atoms with Crippen LogP contribution in [0.25, 0.3) is 0 Å². The van der Waals surface area contributed by atoms with Crippen molar-refractivity contribution in [3.8, 4) is 0 Å². The van der Waals surface area contributed by atoms with Gasteiger partial charge in [-0.15, -0.1) is 24.0 Å². The minimum absolute atomic E-state index is 0. The molecule has 5 nitrogen and oxygen atoms in total. The highest BCUT2D eigenvalue weighted by Crippen LogP contribution is 2.28. The van der Waals surface area contributed by atoms with Crippen LogP contribution in [0.15, 0.2) is 4.99 Å². The molecule has 6 heteroatoms. The fraction of sp³-hybridized carbons (Fsp3) is 0.947. The van der Waals surface area contributed by atoms with E-state index >= 15 is 0 Å². The normalized spacial score (nSPS) is 23.4. The van der Waals surface area contributed by atoms with Gasteiger partial charge in [-0.05, 0) is 46.2 Å². The number of rotatable bonds is 7. The molecule has 1 aliphatic heterocycles. The monoisotopic (exact) mass is 466 g/mol. The molecule has 1 saturated carbocycles. The van der Waals surface area contributed by atoms with E-state index in [1.807, 2.05) is 0 Å². The number of halogens is 1. The van der Waals surface area contributed by atoms with Gasteiger partial charge in [-0.25, -0.2) is 0 Å². The van der Waals surface area contributed by atoms with Crippen LogP contribution in [0.5, 0.6) is 0 Å². The highest BCUT2D eigenvalue weighted by Gasteiger charge is 2.25. The highest BCUT2D eigenvalue weighted by atomic mass is 127. The average molecular weight is 466 g/mol. The zero-order valence-corrected chi connectivity index (χ0v) is 19.0. The lowest BCUT2D eigenvalue weighted by atomic mass is 9.83. The SMILES string of the molecule is CCNC(=NCC(C1CCCCC1)N(C)C)N(C)CC1CCOC1.I.